The molecule has 1 fully saturated rings. The van der Waals surface area contributed by atoms with Gasteiger partial charge in [0.2, 0.25) is 5.91 Å². The fourth-order valence-corrected chi connectivity index (χ4v) is 2.92. The minimum Gasteiger partial charge on any atom is -0.343 e. The Labute approximate surface area is 106 Å². The van der Waals surface area contributed by atoms with Crippen molar-refractivity contribution in [3.05, 3.63) is 0 Å². The van der Waals surface area contributed by atoms with Gasteiger partial charge in [0, 0.05) is 19.6 Å². The average Bonchev–Trinajstić information content (AvgIpc) is 2.38. The van der Waals surface area contributed by atoms with E-state index in [1.54, 1.807) is 0 Å². The van der Waals surface area contributed by atoms with E-state index >= 15 is 0 Å². The number of carbonyl (C=O) groups is 1. The highest BCUT2D eigenvalue weighted by molar-refractivity contribution is 5.79. The summed E-state index contributed by atoms with van der Waals surface area (Å²) in [6.07, 6.45) is 7.63. The first-order valence-corrected chi connectivity index (χ1v) is 7.21. The zero-order valence-electron chi connectivity index (χ0n) is 11.5. The fraction of sp³-hybridized carbons (Fsp3) is 0.929. The molecule has 1 aliphatic carbocycles. The molecule has 3 heteroatoms. The molecule has 0 saturated heterocycles. The second kappa shape index (κ2) is 7.70. The zero-order valence-corrected chi connectivity index (χ0v) is 11.5. The van der Waals surface area contributed by atoms with Crippen LogP contribution in [0.2, 0.25) is 0 Å². The summed E-state index contributed by atoms with van der Waals surface area (Å²) in [4.78, 5) is 14.2. The summed E-state index contributed by atoms with van der Waals surface area (Å²) >= 11 is 0. The van der Waals surface area contributed by atoms with Crippen LogP contribution in [0.5, 0.6) is 0 Å². The Balaban J connectivity index is 2.48. The van der Waals surface area contributed by atoms with Crippen molar-refractivity contribution in [3.63, 3.8) is 0 Å². The Morgan fingerprint density at radius 2 is 1.82 bits per heavy atom. The highest BCUT2D eigenvalue weighted by Crippen LogP contribution is 2.29. The topological polar surface area (TPSA) is 46.3 Å². The van der Waals surface area contributed by atoms with Gasteiger partial charge in [0.15, 0.2) is 0 Å². The van der Waals surface area contributed by atoms with Crippen LogP contribution in [-0.4, -0.2) is 30.4 Å². The van der Waals surface area contributed by atoms with E-state index < -0.39 is 0 Å². The molecule has 0 heterocycles. The molecule has 0 aliphatic heterocycles. The van der Waals surface area contributed by atoms with Crippen LogP contribution in [-0.2, 0) is 4.79 Å². The van der Waals surface area contributed by atoms with Crippen LogP contribution >= 0.6 is 0 Å². The summed E-state index contributed by atoms with van der Waals surface area (Å²) in [6.45, 7) is 6.18. The Morgan fingerprint density at radius 3 is 2.29 bits per heavy atom. The maximum atomic E-state index is 12.3. The number of nitrogens with zero attached hydrogens (tertiary/aromatic N) is 1. The summed E-state index contributed by atoms with van der Waals surface area (Å²) in [6, 6.07) is 0. The maximum absolute atomic E-state index is 12.3. The quantitative estimate of drug-likeness (QED) is 0.775. The summed E-state index contributed by atoms with van der Waals surface area (Å²) in [7, 11) is 0. The van der Waals surface area contributed by atoms with Gasteiger partial charge in [-0.05, 0) is 26.2 Å². The predicted molar refractivity (Wildman–Crippen MR) is 71.7 cm³/mol. The Hall–Kier alpha value is -0.570. The van der Waals surface area contributed by atoms with Gasteiger partial charge in [0.05, 0.1) is 5.92 Å². The summed E-state index contributed by atoms with van der Waals surface area (Å²) in [5.41, 5.74) is 5.79. The first kappa shape index (κ1) is 14.5. The van der Waals surface area contributed by atoms with Crippen LogP contribution in [0, 0.1) is 11.8 Å². The van der Waals surface area contributed by atoms with E-state index in [1.165, 1.54) is 32.1 Å². The molecular weight excluding hydrogens is 212 g/mol. The summed E-state index contributed by atoms with van der Waals surface area (Å²) < 4.78 is 0. The molecule has 1 saturated carbocycles. The smallest absolute Gasteiger partial charge is 0.226 e. The third-order valence-electron chi connectivity index (χ3n) is 4.05. The molecule has 0 aromatic heterocycles. The number of nitrogens with two attached hydrogens (primary N) is 1. The fourth-order valence-electron chi connectivity index (χ4n) is 2.92. The van der Waals surface area contributed by atoms with Crippen molar-refractivity contribution in [1.82, 2.24) is 4.90 Å². The van der Waals surface area contributed by atoms with Crippen molar-refractivity contribution in [2.45, 2.75) is 52.4 Å². The van der Waals surface area contributed by atoms with E-state index in [4.69, 9.17) is 5.73 Å². The monoisotopic (exact) mass is 240 g/mol. The third-order valence-corrected chi connectivity index (χ3v) is 4.05. The molecule has 1 unspecified atom stereocenters. The lowest BCUT2D eigenvalue weighted by atomic mass is 9.82. The van der Waals surface area contributed by atoms with Gasteiger partial charge in [-0.1, -0.05) is 32.1 Å². The summed E-state index contributed by atoms with van der Waals surface area (Å²) in [5.74, 6) is 1.05. The molecule has 3 nitrogen and oxygen atoms in total. The molecule has 1 amide bonds. The molecule has 1 aliphatic rings. The van der Waals surface area contributed by atoms with Crippen LogP contribution < -0.4 is 5.73 Å². The number of rotatable bonds is 6. The van der Waals surface area contributed by atoms with Crippen molar-refractivity contribution < 1.29 is 4.79 Å². The largest absolute Gasteiger partial charge is 0.343 e. The normalized spacial score (nSPS) is 19.0. The number of amides is 1. The minimum absolute atomic E-state index is 0.0537. The molecule has 17 heavy (non-hydrogen) atoms. The zero-order chi connectivity index (χ0) is 12.7. The van der Waals surface area contributed by atoms with Crippen LogP contribution in [0.25, 0.3) is 0 Å². The van der Waals surface area contributed by atoms with E-state index in [9.17, 15) is 4.79 Å². The molecule has 100 valence electrons. The van der Waals surface area contributed by atoms with Crippen LogP contribution in [0.15, 0.2) is 0 Å². The van der Waals surface area contributed by atoms with Crippen molar-refractivity contribution in [2.75, 3.05) is 19.6 Å². The summed E-state index contributed by atoms with van der Waals surface area (Å²) in [5, 5.41) is 0. The molecule has 0 spiro atoms. The molecule has 1 rings (SSSR count). The van der Waals surface area contributed by atoms with E-state index in [0.717, 1.165) is 25.4 Å². The van der Waals surface area contributed by atoms with Crippen LogP contribution in [0.1, 0.15) is 52.4 Å². The molecule has 0 aromatic rings. The standard InChI is InChI=1S/C14H28N2O/c1-3-16(4-2)14(17)13(11-15)10-12-8-6-5-7-9-12/h12-13H,3-11,15H2,1-2H3. The lowest BCUT2D eigenvalue weighted by Gasteiger charge is -2.29. The Kier molecular flexibility index (Phi) is 6.56. The second-order valence-corrected chi connectivity index (χ2v) is 5.18. The average molecular weight is 240 g/mol. The van der Waals surface area contributed by atoms with Gasteiger partial charge >= 0.3 is 0 Å². The van der Waals surface area contributed by atoms with E-state index in [0.29, 0.717) is 6.54 Å². The number of hydrogen-bond donors (Lipinski definition) is 1. The molecule has 2 N–H and O–H groups in total. The first-order valence-electron chi connectivity index (χ1n) is 7.21. The molecule has 0 radical (unpaired) electrons. The minimum atomic E-state index is 0.0537. The maximum Gasteiger partial charge on any atom is 0.226 e. The third kappa shape index (κ3) is 4.30. The number of carbonyl (C=O) groups excluding carboxylic acids is 1. The van der Waals surface area contributed by atoms with Gasteiger partial charge in [0.25, 0.3) is 0 Å². The van der Waals surface area contributed by atoms with Crippen molar-refractivity contribution in [3.8, 4) is 0 Å². The Bertz CT molecular complexity index is 220. The molecule has 1 atom stereocenters. The van der Waals surface area contributed by atoms with E-state index in [-0.39, 0.29) is 11.8 Å². The van der Waals surface area contributed by atoms with Crippen molar-refractivity contribution >= 4 is 5.91 Å². The van der Waals surface area contributed by atoms with Crippen molar-refractivity contribution in [1.29, 1.82) is 0 Å². The second-order valence-electron chi connectivity index (χ2n) is 5.18. The van der Waals surface area contributed by atoms with Crippen molar-refractivity contribution in [2.24, 2.45) is 17.6 Å². The van der Waals surface area contributed by atoms with Gasteiger partial charge in [0.1, 0.15) is 0 Å². The SMILES string of the molecule is CCN(CC)C(=O)C(CN)CC1CCCCC1. The lowest BCUT2D eigenvalue weighted by molar-refractivity contribution is -0.135. The van der Waals surface area contributed by atoms with Gasteiger partial charge in [-0.3, -0.25) is 4.79 Å². The molecule has 0 aromatic carbocycles. The van der Waals surface area contributed by atoms with Gasteiger partial charge in [-0.25, -0.2) is 0 Å². The molecular formula is C14H28N2O. The van der Waals surface area contributed by atoms with Gasteiger partial charge < -0.3 is 10.6 Å². The van der Waals surface area contributed by atoms with E-state index in [2.05, 4.69) is 0 Å². The molecule has 0 bridgehead atoms. The lowest BCUT2D eigenvalue weighted by Crippen LogP contribution is -2.39. The van der Waals surface area contributed by atoms with E-state index in [1.807, 2.05) is 18.7 Å². The first-order chi connectivity index (χ1) is 8.22. The number of hydrogen-bond acceptors (Lipinski definition) is 2. The highest BCUT2D eigenvalue weighted by Gasteiger charge is 2.25. The van der Waals surface area contributed by atoms with Crippen LogP contribution in [0.4, 0.5) is 0 Å². The Morgan fingerprint density at radius 1 is 1.24 bits per heavy atom. The van der Waals surface area contributed by atoms with Gasteiger partial charge in [-0.15, -0.1) is 0 Å². The van der Waals surface area contributed by atoms with Crippen LogP contribution in [0.3, 0.4) is 0 Å². The highest BCUT2D eigenvalue weighted by atomic mass is 16.2. The predicted octanol–water partition coefficient (Wildman–Crippen LogP) is 2.40. The van der Waals surface area contributed by atoms with Gasteiger partial charge in [-0.2, -0.15) is 0 Å².